The van der Waals surface area contributed by atoms with E-state index >= 15 is 0 Å². The Morgan fingerprint density at radius 2 is 2.33 bits per heavy atom. The minimum absolute atomic E-state index is 0.113. The Hall–Kier alpha value is -1.10. The number of rotatable bonds is 3. The highest BCUT2D eigenvalue weighted by Gasteiger charge is 2.53. The van der Waals surface area contributed by atoms with E-state index in [1.54, 1.807) is 0 Å². The summed E-state index contributed by atoms with van der Waals surface area (Å²) in [6, 6.07) is -0.265. The van der Waals surface area contributed by atoms with Crippen molar-refractivity contribution in [3.8, 4) is 0 Å². The van der Waals surface area contributed by atoms with Crippen molar-refractivity contribution in [3.05, 3.63) is 0 Å². The van der Waals surface area contributed by atoms with Crippen LogP contribution in [0.3, 0.4) is 0 Å². The summed E-state index contributed by atoms with van der Waals surface area (Å²) in [6.45, 7) is 3.42. The number of carbonyl (C=O) groups excluding carboxylic acids is 2. The number of hydrogen-bond donors (Lipinski definition) is 1. The first-order chi connectivity index (χ1) is 7.19. The van der Waals surface area contributed by atoms with Gasteiger partial charge in [0.2, 0.25) is 0 Å². The highest BCUT2D eigenvalue weighted by molar-refractivity contribution is 6.07. The minimum Gasteiger partial charge on any atom is -0.378 e. The Balaban J connectivity index is 2.08. The minimum atomic E-state index is -0.745. The van der Waals surface area contributed by atoms with Gasteiger partial charge in [0.05, 0.1) is 6.61 Å². The van der Waals surface area contributed by atoms with Gasteiger partial charge in [0.15, 0.2) is 0 Å². The topological polar surface area (TPSA) is 58.6 Å². The third-order valence-electron chi connectivity index (χ3n) is 3.00. The first kappa shape index (κ1) is 10.4. The average Bonchev–Trinajstić information content (AvgIpc) is 2.75. The fourth-order valence-corrected chi connectivity index (χ4v) is 2.03. The molecule has 5 heteroatoms. The molecule has 0 radical (unpaired) electrons. The lowest BCUT2D eigenvalue weighted by Crippen LogP contribution is -2.47. The van der Waals surface area contributed by atoms with Crippen LogP contribution in [0.2, 0.25) is 0 Å². The number of amides is 3. The van der Waals surface area contributed by atoms with Crippen LogP contribution in [0.25, 0.3) is 0 Å². The quantitative estimate of drug-likeness (QED) is 0.693. The molecule has 0 bridgehead atoms. The van der Waals surface area contributed by atoms with Gasteiger partial charge in [0.1, 0.15) is 5.54 Å². The lowest BCUT2D eigenvalue weighted by Gasteiger charge is -2.18. The normalized spacial score (nSPS) is 30.3. The maximum atomic E-state index is 12.0. The van der Waals surface area contributed by atoms with Gasteiger partial charge < -0.3 is 10.1 Å². The molecule has 2 rings (SSSR count). The van der Waals surface area contributed by atoms with Gasteiger partial charge >= 0.3 is 6.03 Å². The number of hydrogen-bond acceptors (Lipinski definition) is 3. The molecule has 0 aromatic carbocycles. The van der Waals surface area contributed by atoms with Crippen molar-refractivity contribution in [1.29, 1.82) is 0 Å². The van der Waals surface area contributed by atoms with Crippen LogP contribution in [0, 0.1) is 0 Å². The van der Waals surface area contributed by atoms with Gasteiger partial charge in [-0.2, -0.15) is 0 Å². The van der Waals surface area contributed by atoms with Crippen LogP contribution < -0.4 is 5.32 Å². The number of unbranched alkanes of at least 4 members (excludes halogenated alkanes) is 1. The van der Waals surface area contributed by atoms with Crippen LogP contribution in [0.15, 0.2) is 0 Å². The van der Waals surface area contributed by atoms with Gasteiger partial charge in [-0.15, -0.1) is 0 Å². The molecule has 1 spiro atoms. The standard InChI is InChI=1S/C10H16N2O3/c1-2-3-5-12-8(13)10(11-9(12)14)4-6-15-7-10/h2-7H2,1H3,(H,11,14)/t10-/m0/s1. The summed E-state index contributed by atoms with van der Waals surface area (Å²) in [5, 5.41) is 2.75. The summed E-state index contributed by atoms with van der Waals surface area (Å²) in [5.41, 5.74) is -0.745. The van der Waals surface area contributed by atoms with Crippen LogP contribution in [0.5, 0.6) is 0 Å². The molecular formula is C10H16N2O3. The number of nitrogens with one attached hydrogen (secondary N) is 1. The monoisotopic (exact) mass is 212 g/mol. The molecule has 84 valence electrons. The van der Waals surface area contributed by atoms with Crippen molar-refractivity contribution in [2.45, 2.75) is 31.7 Å². The number of nitrogens with zero attached hydrogens (tertiary/aromatic N) is 1. The third kappa shape index (κ3) is 1.61. The van der Waals surface area contributed by atoms with Gasteiger partial charge in [-0.1, -0.05) is 13.3 Å². The van der Waals surface area contributed by atoms with E-state index in [4.69, 9.17) is 4.74 Å². The molecule has 0 aromatic rings. The molecule has 2 fully saturated rings. The lowest BCUT2D eigenvalue weighted by molar-refractivity contribution is -0.131. The molecule has 0 aromatic heterocycles. The Bertz CT molecular complexity index is 284. The molecule has 3 amide bonds. The van der Waals surface area contributed by atoms with Gasteiger partial charge in [0.25, 0.3) is 5.91 Å². The molecular weight excluding hydrogens is 196 g/mol. The Morgan fingerprint density at radius 1 is 1.53 bits per heavy atom. The molecule has 0 unspecified atom stereocenters. The highest BCUT2D eigenvalue weighted by atomic mass is 16.5. The zero-order valence-electron chi connectivity index (χ0n) is 8.91. The van der Waals surface area contributed by atoms with Crippen LogP contribution in [-0.2, 0) is 9.53 Å². The van der Waals surface area contributed by atoms with Crippen molar-refractivity contribution in [2.75, 3.05) is 19.8 Å². The van der Waals surface area contributed by atoms with Crippen molar-refractivity contribution in [2.24, 2.45) is 0 Å². The van der Waals surface area contributed by atoms with Gasteiger partial charge in [-0.05, 0) is 6.42 Å². The summed E-state index contributed by atoms with van der Waals surface area (Å²) in [4.78, 5) is 24.9. The van der Waals surface area contributed by atoms with Crippen molar-refractivity contribution < 1.29 is 14.3 Å². The molecule has 2 aliphatic rings. The molecule has 2 saturated heterocycles. The van der Waals surface area contributed by atoms with Gasteiger partial charge in [-0.25, -0.2) is 4.79 Å². The second-order valence-electron chi connectivity index (χ2n) is 4.13. The number of carbonyl (C=O) groups is 2. The summed E-state index contributed by atoms with van der Waals surface area (Å²) >= 11 is 0. The zero-order chi connectivity index (χ0) is 10.9. The number of urea groups is 1. The van der Waals surface area contributed by atoms with Crippen molar-refractivity contribution in [1.82, 2.24) is 10.2 Å². The van der Waals surface area contributed by atoms with E-state index in [9.17, 15) is 9.59 Å². The predicted molar refractivity (Wildman–Crippen MR) is 53.3 cm³/mol. The van der Waals surface area contributed by atoms with E-state index in [0.29, 0.717) is 26.2 Å². The van der Waals surface area contributed by atoms with Crippen molar-refractivity contribution >= 4 is 11.9 Å². The second-order valence-corrected chi connectivity index (χ2v) is 4.13. The largest absolute Gasteiger partial charge is 0.378 e. The molecule has 5 nitrogen and oxygen atoms in total. The SMILES string of the molecule is CCCCN1C(=O)N[C@]2(CCOC2)C1=O. The maximum absolute atomic E-state index is 12.0. The number of imide groups is 1. The zero-order valence-corrected chi connectivity index (χ0v) is 8.91. The molecule has 2 aliphatic heterocycles. The summed E-state index contributed by atoms with van der Waals surface area (Å²) in [5.74, 6) is -0.113. The average molecular weight is 212 g/mol. The Morgan fingerprint density at radius 3 is 2.93 bits per heavy atom. The van der Waals surface area contributed by atoms with E-state index in [2.05, 4.69) is 5.32 Å². The molecule has 15 heavy (non-hydrogen) atoms. The van der Waals surface area contributed by atoms with Crippen LogP contribution >= 0.6 is 0 Å². The Kier molecular flexibility index (Phi) is 2.65. The van der Waals surface area contributed by atoms with Crippen molar-refractivity contribution in [3.63, 3.8) is 0 Å². The fourth-order valence-electron chi connectivity index (χ4n) is 2.03. The third-order valence-corrected chi connectivity index (χ3v) is 3.00. The van der Waals surface area contributed by atoms with Gasteiger partial charge in [-0.3, -0.25) is 9.69 Å². The summed E-state index contributed by atoms with van der Waals surface area (Å²) in [6.07, 6.45) is 2.43. The predicted octanol–water partition coefficient (Wildman–Crippen LogP) is 0.497. The molecule has 1 atom stereocenters. The highest BCUT2D eigenvalue weighted by Crippen LogP contribution is 2.26. The van der Waals surface area contributed by atoms with E-state index < -0.39 is 5.54 Å². The first-order valence-corrected chi connectivity index (χ1v) is 5.41. The maximum Gasteiger partial charge on any atom is 0.325 e. The van der Waals surface area contributed by atoms with E-state index in [-0.39, 0.29) is 11.9 Å². The smallest absolute Gasteiger partial charge is 0.325 e. The summed E-state index contributed by atoms with van der Waals surface area (Å²) < 4.78 is 5.19. The first-order valence-electron chi connectivity index (χ1n) is 5.41. The fraction of sp³-hybridized carbons (Fsp3) is 0.800. The van der Waals surface area contributed by atoms with Crippen LogP contribution in [0.4, 0.5) is 4.79 Å². The lowest BCUT2D eigenvalue weighted by atomic mass is 9.99. The Labute approximate surface area is 88.8 Å². The van der Waals surface area contributed by atoms with E-state index in [1.165, 1.54) is 4.90 Å². The van der Waals surface area contributed by atoms with Gasteiger partial charge in [0, 0.05) is 19.6 Å². The van der Waals surface area contributed by atoms with E-state index in [1.807, 2.05) is 6.92 Å². The van der Waals surface area contributed by atoms with E-state index in [0.717, 1.165) is 12.8 Å². The number of ether oxygens (including phenoxy) is 1. The molecule has 1 N–H and O–H groups in total. The molecule has 0 saturated carbocycles. The molecule has 0 aliphatic carbocycles. The summed E-state index contributed by atoms with van der Waals surface area (Å²) in [7, 11) is 0. The second kappa shape index (κ2) is 3.81. The van der Waals surface area contributed by atoms with Crippen LogP contribution in [0.1, 0.15) is 26.2 Å². The van der Waals surface area contributed by atoms with Crippen LogP contribution in [-0.4, -0.2) is 42.1 Å². The molecule has 2 heterocycles.